The fourth-order valence-corrected chi connectivity index (χ4v) is 4.76. The number of anilines is 2. The molecule has 0 unspecified atom stereocenters. The fourth-order valence-electron chi connectivity index (χ4n) is 4.59. The lowest BCUT2D eigenvalue weighted by Crippen LogP contribution is -2.38. The normalized spacial score (nSPS) is 17.1. The maximum Gasteiger partial charge on any atom is 0.407 e. The lowest BCUT2D eigenvalue weighted by Gasteiger charge is -2.22. The van der Waals surface area contributed by atoms with E-state index in [0.717, 1.165) is 6.42 Å². The third kappa shape index (κ3) is 4.37. The highest BCUT2D eigenvalue weighted by atomic mass is 35.5. The number of rotatable bonds is 6. The molecule has 4 N–H and O–H groups in total. The number of aromatic amines is 1. The number of pyridine rings is 1. The van der Waals surface area contributed by atoms with Crippen LogP contribution in [0.5, 0.6) is 5.75 Å². The molecule has 0 saturated carbocycles. The van der Waals surface area contributed by atoms with Crippen molar-refractivity contribution in [1.82, 2.24) is 20.2 Å². The quantitative estimate of drug-likeness (QED) is 0.398. The van der Waals surface area contributed by atoms with Crippen molar-refractivity contribution >= 4 is 35.0 Å². The van der Waals surface area contributed by atoms with Crippen LogP contribution in [0.15, 0.2) is 36.7 Å². The summed E-state index contributed by atoms with van der Waals surface area (Å²) in [6, 6.07) is 6.06. The second-order valence-corrected chi connectivity index (χ2v) is 8.82. The first kappa shape index (κ1) is 23.0. The van der Waals surface area contributed by atoms with Crippen molar-refractivity contribution < 1.29 is 23.8 Å². The summed E-state index contributed by atoms with van der Waals surface area (Å²) in [4.78, 5) is 33.1. The molecule has 1 aromatic carbocycles. The predicted octanol–water partition coefficient (Wildman–Crippen LogP) is 4.42. The minimum absolute atomic E-state index is 0.0436. The average molecular weight is 500 g/mol. The second-order valence-electron chi connectivity index (χ2n) is 8.42. The van der Waals surface area contributed by atoms with Gasteiger partial charge in [0.2, 0.25) is 0 Å². The average Bonchev–Trinajstić information content (AvgIpc) is 3.46. The summed E-state index contributed by atoms with van der Waals surface area (Å²) in [5, 5.41) is 15.2. The third-order valence-corrected chi connectivity index (χ3v) is 6.58. The molecule has 0 radical (unpaired) electrons. The van der Waals surface area contributed by atoms with Crippen LogP contribution >= 0.6 is 11.6 Å². The van der Waals surface area contributed by atoms with E-state index in [9.17, 15) is 19.1 Å². The fraction of sp³-hybridized carbons (Fsp3) is 0.292. The molecular formula is C24H23ClFN5O4. The molecule has 182 valence electrons. The van der Waals surface area contributed by atoms with Gasteiger partial charge < -0.3 is 30.4 Å². The van der Waals surface area contributed by atoms with E-state index in [1.54, 1.807) is 24.5 Å². The smallest absolute Gasteiger partial charge is 0.407 e. The van der Waals surface area contributed by atoms with Crippen molar-refractivity contribution in [2.45, 2.75) is 25.3 Å². The minimum Gasteiger partial charge on any atom is -0.489 e. The Morgan fingerprint density at radius 3 is 3.06 bits per heavy atom. The van der Waals surface area contributed by atoms with Crippen LogP contribution in [0.2, 0.25) is 5.02 Å². The topological polar surface area (TPSA) is 120 Å². The van der Waals surface area contributed by atoms with E-state index in [1.165, 1.54) is 17.0 Å². The lowest BCUT2D eigenvalue weighted by molar-refractivity contribution is 0.0946. The van der Waals surface area contributed by atoms with Crippen LogP contribution in [0.4, 0.5) is 20.6 Å². The number of ether oxygens (including phenoxy) is 1. The lowest BCUT2D eigenvalue weighted by atomic mass is 10.0. The van der Waals surface area contributed by atoms with Gasteiger partial charge in [-0.05, 0) is 31.0 Å². The molecule has 2 amide bonds. The molecule has 2 aliphatic heterocycles. The van der Waals surface area contributed by atoms with E-state index >= 15 is 0 Å². The number of carboxylic acid groups (broad SMARTS) is 1. The molecule has 9 nitrogen and oxygen atoms in total. The molecule has 2 aromatic heterocycles. The number of benzene rings is 1. The number of hydrogen-bond acceptors (Lipinski definition) is 5. The molecule has 1 fully saturated rings. The Morgan fingerprint density at radius 1 is 1.37 bits per heavy atom. The number of H-pyrrole nitrogens is 1. The zero-order valence-electron chi connectivity index (χ0n) is 18.6. The van der Waals surface area contributed by atoms with Crippen molar-refractivity contribution in [3.63, 3.8) is 0 Å². The summed E-state index contributed by atoms with van der Waals surface area (Å²) in [6.07, 6.45) is 4.22. The van der Waals surface area contributed by atoms with Crippen LogP contribution in [0, 0.1) is 5.82 Å². The molecule has 2 aliphatic rings. The number of likely N-dealkylation sites (tertiary alicyclic amines) is 1. The Kier molecular flexibility index (Phi) is 6.21. The summed E-state index contributed by atoms with van der Waals surface area (Å²) in [7, 11) is 0. The van der Waals surface area contributed by atoms with Gasteiger partial charge in [-0.3, -0.25) is 9.78 Å². The van der Waals surface area contributed by atoms with Crippen molar-refractivity contribution in [2.24, 2.45) is 0 Å². The molecule has 4 heterocycles. The molecule has 35 heavy (non-hydrogen) atoms. The summed E-state index contributed by atoms with van der Waals surface area (Å²) >= 11 is 5.97. The monoisotopic (exact) mass is 499 g/mol. The Balaban J connectivity index is 1.53. The first-order chi connectivity index (χ1) is 16.9. The van der Waals surface area contributed by atoms with Crippen molar-refractivity contribution in [1.29, 1.82) is 0 Å². The van der Waals surface area contributed by atoms with Crippen molar-refractivity contribution in [3.05, 3.63) is 58.8 Å². The van der Waals surface area contributed by atoms with Gasteiger partial charge in [-0.15, -0.1) is 0 Å². The van der Waals surface area contributed by atoms with Gasteiger partial charge in [-0.2, -0.15) is 0 Å². The molecule has 0 spiro atoms. The standard InChI is InChI=1S/C24H23ClFN5O4/c25-15-4-1-5-17(20(15)26)30-22-19-16(7-9-28-23(19)32)29-21(22)14-6-8-27-11-18(14)35-12-13-3-2-10-31(13)24(33)34/h1,4-6,8,11,13,29-30H,2-3,7,9-10,12H2,(H,28,32)(H,33,34)/t13-/m0/s1. The molecular weight excluding hydrogens is 477 g/mol. The highest BCUT2D eigenvalue weighted by Crippen LogP contribution is 2.41. The first-order valence-electron chi connectivity index (χ1n) is 11.2. The predicted molar refractivity (Wildman–Crippen MR) is 128 cm³/mol. The van der Waals surface area contributed by atoms with Gasteiger partial charge in [0, 0.05) is 37.0 Å². The van der Waals surface area contributed by atoms with Crippen LogP contribution in [0.3, 0.4) is 0 Å². The third-order valence-electron chi connectivity index (χ3n) is 6.28. The van der Waals surface area contributed by atoms with Crippen LogP contribution < -0.4 is 15.4 Å². The second kappa shape index (κ2) is 9.46. The number of hydrogen-bond donors (Lipinski definition) is 4. The number of carbonyl (C=O) groups excluding carboxylic acids is 1. The van der Waals surface area contributed by atoms with Gasteiger partial charge in [0.1, 0.15) is 12.4 Å². The zero-order valence-corrected chi connectivity index (χ0v) is 19.4. The first-order valence-corrected chi connectivity index (χ1v) is 11.6. The number of carbonyl (C=O) groups is 2. The number of halogens is 2. The molecule has 1 atom stereocenters. The van der Waals surface area contributed by atoms with Crippen molar-refractivity contribution in [3.8, 4) is 17.0 Å². The Morgan fingerprint density at radius 2 is 2.23 bits per heavy atom. The zero-order chi connectivity index (χ0) is 24.5. The van der Waals surface area contributed by atoms with E-state index in [-0.39, 0.29) is 29.3 Å². The number of fused-ring (bicyclic) bond motifs is 1. The largest absolute Gasteiger partial charge is 0.489 e. The van der Waals surface area contributed by atoms with Gasteiger partial charge in [-0.1, -0.05) is 17.7 Å². The summed E-state index contributed by atoms with van der Waals surface area (Å²) in [5.41, 5.74) is 2.75. The van der Waals surface area contributed by atoms with Crippen LogP contribution in [0.25, 0.3) is 11.3 Å². The van der Waals surface area contributed by atoms with E-state index < -0.39 is 11.9 Å². The summed E-state index contributed by atoms with van der Waals surface area (Å²) in [5.74, 6) is -0.496. The molecule has 11 heteroatoms. The Hall–Kier alpha value is -3.79. The molecule has 3 aromatic rings. The maximum absolute atomic E-state index is 14.7. The van der Waals surface area contributed by atoms with E-state index in [4.69, 9.17) is 16.3 Å². The van der Waals surface area contributed by atoms with Crippen LogP contribution in [-0.4, -0.2) is 57.7 Å². The van der Waals surface area contributed by atoms with Crippen molar-refractivity contribution in [2.75, 3.05) is 25.0 Å². The number of aromatic nitrogens is 2. The van der Waals surface area contributed by atoms with Crippen LogP contribution in [0.1, 0.15) is 28.9 Å². The summed E-state index contributed by atoms with van der Waals surface area (Å²) < 4.78 is 20.8. The number of amides is 2. The maximum atomic E-state index is 14.7. The highest BCUT2D eigenvalue weighted by molar-refractivity contribution is 6.31. The SMILES string of the molecule is O=C1NCCc2[nH]c(-c3ccncc3OC[C@@H]3CCCN3C(=O)O)c(Nc3cccc(Cl)c3F)c21. The Labute approximate surface area is 205 Å². The highest BCUT2D eigenvalue weighted by Gasteiger charge is 2.31. The van der Waals surface area contributed by atoms with Gasteiger partial charge >= 0.3 is 6.09 Å². The summed E-state index contributed by atoms with van der Waals surface area (Å²) in [6.45, 7) is 1.11. The van der Waals surface area contributed by atoms with Gasteiger partial charge in [0.25, 0.3) is 5.91 Å². The Bertz CT molecular complexity index is 1300. The van der Waals surface area contributed by atoms with Crippen LogP contribution in [-0.2, 0) is 6.42 Å². The molecule has 0 aliphatic carbocycles. The van der Waals surface area contributed by atoms with Gasteiger partial charge in [0.15, 0.2) is 5.82 Å². The van der Waals surface area contributed by atoms with Gasteiger partial charge in [-0.25, -0.2) is 9.18 Å². The molecule has 1 saturated heterocycles. The minimum atomic E-state index is -0.972. The van der Waals surface area contributed by atoms with Gasteiger partial charge in [0.05, 0.1) is 39.9 Å². The molecule has 0 bridgehead atoms. The van der Waals surface area contributed by atoms with E-state index in [2.05, 4.69) is 20.6 Å². The van der Waals surface area contributed by atoms with E-state index in [1.807, 2.05) is 0 Å². The molecule has 5 rings (SSSR count). The number of nitrogens with zero attached hydrogens (tertiary/aromatic N) is 2. The number of nitrogens with one attached hydrogen (secondary N) is 3. The van der Waals surface area contributed by atoms with E-state index in [0.29, 0.717) is 59.9 Å².